The second-order valence-corrected chi connectivity index (χ2v) is 8.84. The molecule has 35 heavy (non-hydrogen) atoms. The molecule has 0 unspecified atom stereocenters. The minimum atomic E-state index is -0.346. The number of benzene rings is 2. The summed E-state index contributed by atoms with van der Waals surface area (Å²) in [5.41, 5.74) is 3.33. The van der Waals surface area contributed by atoms with E-state index in [2.05, 4.69) is 10.5 Å². The number of ether oxygens (including phenoxy) is 3. The van der Waals surface area contributed by atoms with Gasteiger partial charge in [0.1, 0.15) is 18.1 Å². The summed E-state index contributed by atoms with van der Waals surface area (Å²) in [5.74, 6) is 2.62. The van der Waals surface area contributed by atoms with E-state index in [1.807, 2.05) is 56.3 Å². The lowest BCUT2D eigenvalue weighted by atomic mass is 9.88. The van der Waals surface area contributed by atoms with Gasteiger partial charge in [0.15, 0.2) is 11.5 Å². The zero-order valence-electron chi connectivity index (χ0n) is 20.7. The Morgan fingerprint density at radius 1 is 1.06 bits per heavy atom. The number of aryl methyl sites for hydroxylation is 2. The van der Waals surface area contributed by atoms with Crippen molar-refractivity contribution < 1.29 is 23.5 Å². The normalized spacial score (nSPS) is 14.7. The number of amides is 1. The molecule has 7 heteroatoms. The van der Waals surface area contributed by atoms with E-state index in [0.29, 0.717) is 18.1 Å². The molecule has 4 rings (SSSR count). The van der Waals surface area contributed by atoms with Gasteiger partial charge in [-0.1, -0.05) is 36.2 Å². The van der Waals surface area contributed by atoms with Crippen LogP contribution in [-0.2, 0) is 16.9 Å². The molecular formula is C28H32N2O5. The highest BCUT2D eigenvalue weighted by molar-refractivity contribution is 5.92. The SMILES string of the molecule is COc1ccc(C2(NC(=O)/C=C/c3ccc(OCc4c(C)noc4C)c(OC)c3)CCCC2)cc1. The topological polar surface area (TPSA) is 82.8 Å². The molecule has 0 bridgehead atoms. The third kappa shape index (κ3) is 5.50. The Morgan fingerprint density at radius 3 is 2.43 bits per heavy atom. The molecule has 1 fully saturated rings. The van der Waals surface area contributed by atoms with Crippen molar-refractivity contribution in [2.45, 2.75) is 51.7 Å². The first kappa shape index (κ1) is 24.4. The number of aromatic nitrogens is 1. The van der Waals surface area contributed by atoms with Crippen LogP contribution in [-0.4, -0.2) is 25.3 Å². The average molecular weight is 477 g/mol. The van der Waals surface area contributed by atoms with Crippen LogP contribution in [0.2, 0.25) is 0 Å². The fourth-order valence-corrected chi connectivity index (χ4v) is 4.59. The lowest BCUT2D eigenvalue weighted by molar-refractivity contribution is -0.118. The average Bonchev–Trinajstić information content (AvgIpc) is 3.48. The Balaban J connectivity index is 1.44. The number of nitrogens with zero attached hydrogens (tertiary/aromatic N) is 1. The Morgan fingerprint density at radius 2 is 1.80 bits per heavy atom. The molecule has 1 aliphatic rings. The first-order valence-electron chi connectivity index (χ1n) is 11.8. The molecule has 0 radical (unpaired) electrons. The van der Waals surface area contributed by atoms with Crippen LogP contribution in [0.15, 0.2) is 53.1 Å². The van der Waals surface area contributed by atoms with Gasteiger partial charge in [0.2, 0.25) is 5.91 Å². The highest BCUT2D eigenvalue weighted by Gasteiger charge is 2.36. The lowest BCUT2D eigenvalue weighted by Gasteiger charge is -2.30. The van der Waals surface area contributed by atoms with Crippen molar-refractivity contribution in [1.82, 2.24) is 10.5 Å². The molecule has 1 amide bonds. The van der Waals surface area contributed by atoms with Crippen LogP contribution in [0.3, 0.4) is 0 Å². The number of rotatable bonds is 9. The number of nitrogens with one attached hydrogen (secondary N) is 1. The summed E-state index contributed by atoms with van der Waals surface area (Å²) in [5, 5.41) is 7.22. The smallest absolute Gasteiger partial charge is 0.244 e. The highest BCUT2D eigenvalue weighted by atomic mass is 16.5. The maximum absolute atomic E-state index is 12.9. The molecule has 7 nitrogen and oxygen atoms in total. The molecule has 0 aliphatic heterocycles. The van der Waals surface area contributed by atoms with Gasteiger partial charge >= 0.3 is 0 Å². The van der Waals surface area contributed by atoms with E-state index in [0.717, 1.165) is 59.6 Å². The van der Waals surface area contributed by atoms with Crippen LogP contribution in [0.4, 0.5) is 0 Å². The monoisotopic (exact) mass is 476 g/mol. The maximum Gasteiger partial charge on any atom is 0.244 e. The zero-order valence-corrected chi connectivity index (χ0v) is 20.7. The van der Waals surface area contributed by atoms with Crippen molar-refractivity contribution in [3.63, 3.8) is 0 Å². The van der Waals surface area contributed by atoms with Crippen LogP contribution >= 0.6 is 0 Å². The number of methoxy groups -OCH3 is 2. The lowest BCUT2D eigenvalue weighted by Crippen LogP contribution is -2.43. The third-order valence-corrected chi connectivity index (χ3v) is 6.63. The molecule has 1 N–H and O–H groups in total. The largest absolute Gasteiger partial charge is 0.497 e. The zero-order chi connectivity index (χ0) is 24.8. The predicted octanol–water partition coefficient (Wildman–Crippen LogP) is 5.49. The van der Waals surface area contributed by atoms with E-state index in [1.165, 1.54) is 0 Å². The standard InChI is InChI=1S/C28H32N2O5/c1-19-24(20(2)35-30-19)18-34-25-13-7-21(17-26(25)33-4)8-14-27(31)29-28(15-5-6-16-28)22-9-11-23(32-3)12-10-22/h7-14,17H,5-6,15-16,18H2,1-4H3,(H,29,31)/b14-8+. The molecule has 1 heterocycles. The first-order valence-corrected chi connectivity index (χ1v) is 11.8. The molecule has 0 atom stereocenters. The minimum absolute atomic E-state index is 0.125. The predicted molar refractivity (Wildman–Crippen MR) is 134 cm³/mol. The minimum Gasteiger partial charge on any atom is -0.497 e. The van der Waals surface area contributed by atoms with Gasteiger partial charge in [-0.3, -0.25) is 4.79 Å². The van der Waals surface area contributed by atoms with Crippen LogP contribution < -0.4 is 19.5 Å². The second-order valence-electron chi connectivity index (χ2n) is 8.84. The van der Waals surface area contributed by atoms with Crippen molar-refractivity contribution in [3.8, 4) is 17.2 Å². The highest BCUT2D eigenvalue weighted by Crippen LogP contribution is 2.39. The second kappa shape index (κ2) is 10.7. The van der Waals surface area contributed by atoms with Crippen LogP contribution in [0.25, 0.3) is 6.08 Å². The van der Waals surface area contributed by atoms with Gasteiger partial charge < -0.3 is 24.1 Å². The summed E-state index contributed by atoms with van der Waals surface area (Å²) in [4.78, 5) is 12.9. The molecule has 1 aromatic heterocycles. The molecule has 0 spiro atoms. The Labute approximate surface area is 206 Å². The Hall–Kier alpha value is -3.74. The van der Waals surface area contributed by atoms with Crippen molar-refractivity contribution in [2.75, 3.05) is 14.2 Å². The number of carbonyl (C=O) groups is 1. The molecule has 184 valence electrons. The van der Waals surface area contributed by atoms with Gasteiger partial charge in [-0.25, -0.2) is 0 Å². The van der Waals surface area contributed by atoms with Crippen molar-refractivity contribution in [3.05, 3.63) is 76.7 Å². The van der Waals surface area contributed by atoms with Gasteiger partial charge in [-0.15, -0.1) is 0 Å². The number of hydrogen-bond donors (Lipinski definition) is 1. The van der Waals surface area contributed by atoms with Crippen LogP contribution in [0, 0.1) is 13.8 Å². The molecule has 3 aromatic rings. The van der Waals surface area contributed by atoms with E-state index in [4.69, 9.17) is 18.7 Å². The van der Waals surface area contributed by atoms with E-state index < -0.39 is 0 Å². The van der Waals surface area contributed by atoms with Gasteiger partial charge in [0.05, 0.1) is 31.0 Å². The Bertz CT molecular complexity index is 1170. The van der Waals surface area contributed by atoms with Gasteiger partial charge in [0, 0.05) is 6.08 Å². The molecule has 2 aromatic carbocycles. The van der Waals surface area contributed by atoms with Crippen LogP contribution in [0.1, 0.15) is 53.8 Å². The van der Waals surface area contributed by atoms with E-state index >= 15 is 0 Å². The molecule has 1 aliphatic carbocycles. The van der Waals surface area contributed by atoms with Gasteiger partial charge in [-0.05, 0) is 68.2 Å². The first-order chi connectivity index (χ1) is 16.9. The Kier molecular flexibility index (Phi) is 7.44. The summed E-state index contributed by atoms with van der Waals surface area (Å²) >= 11 is 0. The third-order valence-electron chi connectivity index (χ3n) is 6.63. The summed E-state index contributed by atoms with van der Waals surface area (Å²) < 4.78 is 21.9. The van der Waals surface area contributed by atoms with E-state index in [1.54, 1.807) is 26.4 Å². The summed E-state index contributed by atoms with van der Waals surface area (Å²) in [6, 6.07) is 13.5. The van der Waals surface area contributed by atoms with Gasteiger partial charge in [-0.2, -0.15) is 0 Å². The fraction of sp³-hybridized carbons (Fsp3) is 0.357. The van der Waals surface area contributed by atoms with Crippen molar-refractivity contribution in [2.24, 2.45) is 0 Å². The van der Waals surface area contributed by atoms with Crippen molar-refractivity contribution in [1.29, 1.82) is 0 Å². The van der Waals surface area contributed by atoms with Gasteiger partial charge in [0.25, 0.3) is 0 Å². The van der Waals surface area contributed by atoms with E-state index in [9.17, 15) is 4.79 Å². The number of hydrogen-bond acceptors (Lipinski definition) is 6. The quantitative estimate of drug-likeness (QED) is 0.412. The van der Waals surface area contributed by atoms with Crippen molar-refractivity contribution >= 4 is 12.0 Å². The number of carbonyl (C=O) groups excluding carboxylic acids is 1. The van der Waals surface area contributed by atoms with Crippen LogP contribution in [0.5, 0.6) is 17.2 Å². The molecule has 0 saturated heterocycles. The fourth-order valence-electron chi connectivity index (χ4n) is 4.59. The molecular weight excluding hydrogens is 444 g/mol. The maximum atomic E-state index is 12.9. The summed E-state index contributed by atoms with van der Waals surface area (Å²) in [7, 11) is 3.25. The summed E-state index contributed by atoms with van der Waals surface area (Å²) in [6.45, 7) is 4.08. The molecule has 1 saturated carbocycles. The van der Waals surface area contributed by atoms with E-state index in [-0.39, 0.29) is 11.4 Å². The summed E-state index contributed by atoms with van der Waals surface area (Å²) in [6.07, 6.45) is 7.37.